The first-order valence-corrected chi connectivity index (χ1v) is 14.8. The van der Waals surface area contributed by atoms with Crippen molar-refractivity contribution in [3.8, 4) is 5.75 Å². The van der Waals surface area contributed by atoms with Crippen molar-refractivity contribution in [2.24, 2.45) is 29.1 Å². The summed E-state index contributed by atoms with van der Waals surface area (Å²) in [6.45, 7) is 21.3. The molecule has 2 fully saturated rings. The Morgan fingerprint density at radius 3 is 2.28 bits per heavy atom. The van der Waals surface area contributed by atoms with Crippen molar-refractivity contribution >= 4 is 0 Å². The van der Waals surface area contributed by atoms with Crippen LogP contribution in [0.25, 0.3) is 0 Å². The average molecular weight is 543 g/mol. The van der Waals surface area contributed by atoms with Gasteiger partial charge in [-0.3, -0.25) is 0 Å². The van der Waals surface area contributed by atoms with Gasteiger partial charge in [-0.15, -0.1) is 0 Å². The molecule has 5 nitrogen and oxygen atoms in total. The second kappa shape index (κ2) is 13.3. The molecule has 2 saturated heterocycles. The number of rotatable bonds is 10. The Kier molecular flexibility index (Phi) is 10.9. The van der Waals surface area contributed by atoms with E-state index in [4.69, 9.17) is 23.7 Å². The topological polar surface area (TPSA) is 46.2 Å². The molecule has 0 N–H and O–H groups in total. The van der Waals surface area contributed by atoms with Crippen molar-refractivity contribution in [2.75, 3.05) is 20.8 Å². The number of ether oxygens (including phenoxy) is 5. The number of hydrogen-bond acceptors (Lipinski definition) is 5. The van der Waals surface area contributed by atoms with Crippen LogP contribution in [0, 0.1) is 29.1 Å². The van der Waals surface area contributed by atoms with Gasteiger partial charge in [-0.05, 0) is 68.7 Å². The van der Waals surface area contributed by atoms with Crippen LogP contribution in [0.15, 0.2) is 47.6 Å². The first kappa shape index (κ1) is 31.9. The highest BCUT2D eigenvalue weighted by Gasteiger charge is 2.64. The zero-order valence-electron chi connectivity index (χ0n) is 26.4. The molecule has 0 bridgehead atoms. The maximum absolute atomic E-state index is 7.19. The van der Waals surface area contributed by atoms with Crippen LogP contribution in [0.5, 0.6) is 5.75 Å². The van der Waals surface area contributed by atoms with Crippen LogP contribution in [0.3, 0.4) is 0 Å². The summed E-state index contributed by atoms with van der Waals surface area (Å²) in [7, 11) is 3.51. The Hall–Kier alpha value is -1.66. The van der Waals surface area contributed by atoms with Crippen molar-refractivity contribution in [3.05, 3.63) is 53.1 Å². The first-order chi connectivity index (χ1) is 18.4. The van der Waals surface area contributed by atoms with Crippen LogP contribution in [-0.4, -0.2) is 44.9 Å². The van der Waals surface area contributed by atoms with E-state index in [1.165, 1.54) is 11.1 Å². The summed E-state index contributed by atoms with van der Waals surface area (Å²) in [5.41, 5.74) is 3.42. The van der Waals surface area contributed by atoms with Crippen molar-refractivity contribution in [1.82, 2.24) is 0 Å². The minimum Gasteiger partial charge on any atom is -0.497 e. The average Bonchev–Trinajstić information content (AvgIpc) is 2.86. The molecule has 8 atom stereocenters. The fourth-order valence-corrected chi connectivity index (χ4v) is 7.29. The van der Waals surface area contributed by atoms with Gasteiger partial charge in [-0.1, -0.05) is 71.4 Å². The highest BCUT2D eigenvalue weighted by Crippen LogP contribution is 2.57. The molecule has 220 valence electrons. The van der Waals surface area contributed by atoms with Gasteiger partial charge in [-0.2, -0.15) is 0 Å². The molecule has 2 heterocycles. The maximum atomic E-state index is 7.19. The zero-order chi connectivity index (χ0) is 29.0. The summed E-state index contributed by atoms with van der Waals surface area (Å²) in [5.74, 6) is 1.33. The third-order valence-corrected chi connectivity index (χ3v) is 8.99. The lowest BCUT2D eigenvalue weighted by Gasteiger charge is -2.62. The predicted molar refractivity (Wildman–Crippen MR) is 159 cm³/mol. The summed E-state index contributed by atoms with van der Waals surface area (Å²) >= 11 is 0. The van der Waals surface area contributed by atoms with E-state index in [2.05, 4.69) is 74.5 Å². The molecule has 0 aliphatic carbocycles. The summed E-state index contributed by atoms with van der Waals surface area (Å²) in [5, 5.41) is 0. The molecule has 2 aliphatic heterocycles. The van der Waals surface area contributed by atoms with E-state index < -0.39 is 5.79 Å². The molecule has 0 amide bonds. The van der Waals surface area contributed by atoms with Crippen LogP contribution in [0.2, 0.25) is 0 Å². The molecular weight excluding hydrogens is 488 g/mol. The van der Waals surface area contributed by atoms with E-state index in [1.54, 1.807) is 7.11 Å². The summed E-state index contributed by atoms with van der Waals surface area (Å²) in [4.78, 5) is 0. The van der Waals surface area contributed by atoms with Gasteiger partial charge in [0.1, 0.15) is 5.75 Å². The van der Waals surface area contributed by atoms with E-state index in [9.17, 15) is 0 Å². The highest BCUT2D eigenvalue weighted by molar-refractivity contribution is 5.26. The lowest BCUT2D eigenvalue weighted by Crippen LogP contribution is -2.70. The van der Waals surface area contributed by atoms with Gasteiger partial charge in [0, 0.05) is 31.0 Å². The smallest absolute Gasteiger partial charge is 0.179 e. The molecule has 0 aromatic heterocycles. The molecule has 1 aromatic rings. The van der Waals surface area contributed by atoms with Gasteiger partial charge >= 0.3 is 0 Å². The van der Waals surface area contributed by atoms with Crippen LogP contribution in [0.1, 0.15) is 80.7 Å². The molecule has 0 radical (unpaired) electrons. The molecule has 1 spiro atoms. The second-order valence-electron chi connectivity index (χ2n) is 12.9. The summed E-state index contributed by atoms with van der Waals surface area (Å²) in [6, 6.07) is 8.03. The fourth-order valence-electron chi connectivity index (χ4n) is 7.29. The second-order valence-corrected chi connectivity index (χ2v) is 12.9. The monoisotopic (exact) mass is 542 g/mol. The number of allylic oxidation sites excluding steroid dienone is 3. The molecule has 0 saturated carbocycles. The van der Waals surface area contributed by atoms with Crippen molar-refractivity contribution in [2.45, 2.75) is 106 Å². The Labute approximate surface area is 238 Å². The number of hydrogen-bond donors (Lipinski definition) is 0. The van der Waals surface area contributed by atoms with E-state index in [0.29, 0.717) is 25.0 Å². The third-order valence-electron chi connectivity index (χ3n) is 8.99. The highest BCUT2D eigenvalue weighted by atomic mass is 16.7. The van der Waals surface area contributed by atoms with Crippen LogP contribution in [0.4, 0.5) is 0 Å². The molecule has 5 heteroatoms. The lowest BCUT2D eigenvalue weighted by molar-refractivity contribution is -0.413. The normalized spacial score (nSPS) is 33.6. The van der Waals surface area contributed by atoms with Gasteiger partial charge in [-0.25, -0.2) is 0 Å². The Morgan fingerprint density at radius 2 is 1.69 bits per heavy atom. The largest absolute Gasteiger partial charge is 0.497 e. The van der Waals surface area contributed by atoms with Gasteiger partial charge in [0.2, 0.25) is 0 Å². The minimum absolute atomic E-state index is 0.00299. The fraction of sp³-hybridized carbons (Fsp3) is 0.706. The minimum atomic E-state index is -0.743. The van der Waals surface area contributed by atoms with Crippen molar-refractivity contribution in [1.29, 1.82) is 0 Å². The maximum Gasteiger partial charge on any atom is 0.179 e. The van der Waals surface area contributed by atoms with E-state index in [0.717, 1.165) is 24.2 Å². The van der Waals surface area contributed by atoms with E-state index in [1.807, 2.05) is 31.4 Å². The number of benzene rings is 1. The Bertz CT molecular complexity index is 976. The first-order valence-electron chi connectivity index (χ1n) is 14.8. The molecule has 1 aromatic carbocycles. The molecule has 0 unspecified atom stereocenters. The van der Waals surface area contributed by atoms with Gasteiger partial charge in [0.05, 0.1) is 32.0 Å². The van der Waals surface area contributed by atoms with E-state index >= 15 is 0 Å². The third kappa shape index (κ3) is 6.98. The SMILES string of the molecule is COc1ccc(COCC[C@@H]2O[C@]3(O[C@H](/C(C)=C/[C@@H](C)C=C(C)C)[C@@H](C)C[C@H]3C)C(C)(C)[C@@H](OC)[C@@H]2C)cc1. The van der Waals surface area contributed by atoms with Crippen LogP contribution < -0.4 is 4.74 Å². The van der Waals surface area contributed by atoms with Gasteiger partial charge < -0.3 is 23.7 Å². The Balaban J connectivity index is 1.80. The molecule has 3 rings (SSSR count). The lowest BCUT2D eigenvalue weighted by atomic mass is 9.62. The molecule has 2 aliphatic rings. The molecular formula is C34H54O5. The predicted octanol–water partition coefficient (Wildman–Crippen LogP) is 7.98. The van der Waals surface area contributed by atoms with Crippen LogP contribution >= 0.6 is 0 Å². The van der Waals surface area contributed by atoms with Crippen molar-refractivity contribution < 1.29 is 23.7 Å². The van der Waals surface area contributed by atoms with E-state index in [-0.39, 0.29) is 35.6 Å². The van der Waals surface area contributed by atoms with Crippen LogP contribution in [-0.2, 0) is 25.6 Å². The zero-order valence-corrected chi connectivity index (χ0v) is 26.4. The van der Waals surface area contributed by atoms with Gasteiger partial charge in [0.25, 0.3) is 0 Å². The van der Waals surface area contributed by atoms with Gasteiger partial charge in [0.15, 0.2) is 5.79 Å². The quantitative estimate of drug-likeness (QED) is 0.221. The summed E-state index contributed by atoms with van der Waals surface area (Å²) in [6.07, 6.45) is 6.48. The standard InChI is InChI=1S/C34H54O5/c1-22(2)18-23(3)19-24(4)31-25(5)20-26(6)34(39-31)33(8,9)32(36-11)27(7)30(38-34)16-17-37-21-28-12-14-29(35-10)15-13-28/h12-15,18-19,23,25-27,30-32H,16-17,20-21H2,1-11H3/b24-19+/t23-,25-,26+,27+,30-,31+,32-,34+/m0/s1. The van der Waals surface area contributed by atoms with Crippen molar-refractivity contribution in [3.63, 3.8) is 0 Å². The molecule has 39 heavy (non-hydrogen) atoms. The Morgan fingerprint density at radius 1 is 1.03 bits per heavy atom. The summed E-state index contributed by atoms with van der Waals surface area (Å²) < 4.78 is 31.9. The number of methoxy groups -OCH3 is 2.